The van der Waals surface area contributed by atoms with Gasteiger partial charge >= 0.3 is 0 Å². The van der Waals surface area contributed by atoms with E-state index in [1.54, 1.807) is 0 Å². The first-order chi connectivity index (χ1) is 9.08. The SMILES string of the molecule is CCNc1nc(Cl)nc(Nc2cc(Br)ccc2C)n1. The van der Waals surface area contributed by atoms with Gasteiger partial charge in [0.25, 0.3) is 0 Å². The van der Waals surface area contributed by atoms with Crippen LogP contribution < -0.4 is 10.6 Å². The molecule has 1 aromatic carbocycles. The zero-order chi connectivity index (χ0) is 13.8. The number of nitrogens with zero attached hydrogens (tertiary/aromatic N) is 3. The van der Waals surface area contributed by atoms with Crippen LogP contribution in [0.15, 0.2) is 22.7 Å². The van der Waals surface area contributed by atoms with Gasteiger partial charge in [-0.3, -0.25) is 0 Å². The number of halogens is 2. The van der Waals surface area contributed by atoms with Gasteiger partial charge in [0.05, 0.1) is 0 Å². The summed E-state index contributed by atoms with van der Waals surface area (Å²) < 4.78 is 0.979. The van der Waals surface area contributed by atoms with Gasteiger partial charge in [0, 0.05) is 16.7 Å². The van der Waals surface area contributed by atoms with Gasteiger partial charge in [-0.1, -0.05) is 22.0 Å². The lowest BCUT2D eigenvalue weighted by Crippen LogP contribution is -2.07. The lowest BCUT2D eigenvalue weighted by Gasteiger charge is -2.10. The van der Waals surface area contributed by atoms with Crippen molar-refractivity contribution < 1.29 is 0 Å². The number of aromatic nitrogens is 3. The number of benzene rings is 1. The van der Waals surface area contributed by atoms with E-state index in [9.17, 15) is 0 Å². The van der Waals surface area contributed by atoms with Gasteiger partial charge < -0.3 is 10.6 Å². The Morgan fingerprint density at radius 1 is 1.21 bits per heavy atom. The van der Waals surface area contributed by atoms with Crippen LogP contribution >= 0.6 is 27.5 Å². The van der Waals surface area contributed by atoms with E-state index < -0.39 is 0 Å². The molecule has 0 radical (unpaired) electrons. The van der Waals surface area contributed by atoms with Gasteiger partial charge in [0.1, 0.15) is 0 Å². The maximum atomic E-state index is 5.87. The molecule has 19 heavy (non-hydrogen) atoms. The molecule has 5 nitrogen and oxygen atoms in total. The Morgan fingerprint density at radius 2 is 1.95 bits per heavy atom. The largest absolute Gasteiger partial charge is 0.354 e. The van der Waals surface area contributed by atoms with E-state index in [1.807, 2.05) is 32.0 Å². The lowest BCUT2D eigenvalue weighted by atomic mass is 10.2. The molecular formula is C12H13BrClN5. The molecule has 0 atom stereocenters. The molecule has 2 aromatic rings. The number of hydrogen-bond acceptors (Lipinski definition) is 5. The molecule has 100 valence electrons. The number of rotatable bonds is 4. The van der Waals surface area contributed by atoms with Gasteiger partial charge in [0.15, 0.2) is 0 Å². The summed E-state index contributed by atoms with van der Waals surface area (Å²) in [5, 5.41) is 6.29. The Hall–Kier alpha value is -1.40. The van der Waals surface area contributed by atoms with E-state index in [-0.39, 0.29) is 5.28 Å². The molecule has 0 amide bonds. The van der Waals surface area contributed by atoms with Crippen molar-refractivity contribution in [3.63, 3.8) is 0 Å². The molecule has 0 aliphatic carbocycles. The summed E-state index contributed by atoms with van der Waals surface area (Å²) in [6, 6.07) is 5.94. The third kappa shape index (κ3) is 3.78. The summed E-state index contributed by atoms with van der Waals surface area (Å²) >= 11 is 9.30. The first-order valence-corrected chi connectivity index (χ1v) is 6.94. The zero-order valence-corrected chi connectivity index (χ0v) is 12.9. The highest BCUT2D eigenvalue weighted by Gasteiger charge is 2.06. The Morgan fingerprint density at radius 3 is 2.68 bits per heavy atom. The predicted octanol–water partition coefficient (Wildman–Crippen LogP) is 3.77. The Balaban J connectivity index is 2.29. The molecule has 7 heteroatoms. The number of hydrogen-bond donors (Lipinski definition) is 2. The minimum atomic E-state index is 0.154. The van der Waals surface area contributed by atoms with Gasteiger partial charge in [-0.2, -0.15) is 15.0 Å². The van der Waals surface area contributed by atoms with Crippen molar-refractivity contribution in [3.8, 4) is 0 Å². The zero-order valence-electron chi connectivity index (χ0n) is 10.5. The smallest absolute Gasteiger partial charge is 0.233 e. The van der Waals surface area contributed by atoms with E-state index in [1.165, 1.54) is 0 Å². The minimum Gasteiger partial charge on any atom is -0.354 e. The van der Waals surface area contributed by atoms with Crippen LogP contribution in [0.25, 0.3) is 0 Å². The first kappa shape index (κ1) is 14.0. The number of aryl methyl sites for hydroxylation is 1. The molecule has 0 aliphatic heterocycles. The number of anilines is 3. The second-order valence-electron chi connectivity index (χ2n) is 3.87. The summed E-state index contributed by atoms with van der Waals surface area (Å²) in [7, 11) is 0. The predicted molar refractivity (Wildman–Crippen MR) is 81.2 cm³/mol. The van der Waals surface area contributed by atoms with Crippen molar-refractivity contribution in [2.75, 3.05) is 17.2 Å². The normalized spacial score (nSPS) is 10.3. The molecule has 0 bridgehead atoms. The van der Waals surface area contributed by atoms with Crippen LogP contribution in [-0.2, 0) is 0 Å². The van der Waals surface area contributed by atoms with Crippen LogP contribution in [0, 0.1) is 6.92 Å². The van der Waals surface area contributed by atoms with Crippen molar-refractivity contribution in [3.05, 3.63) is 33.5 Å². The van der Waals surface area contributed by atoms with Crippen molar-refractivity contribution >= 4 is 45.1 Å². The van der Waals surface area contributed by atoms with Crippen LogP contribution in [-0.4, -0.2) is 21.5 Å². The molecule has 0 spiro atoms. The van der Waals surface area contributed by atoms with E-state index >= 15 is 0 Å². The quantitative estimate of drug-likeness (QED) is 0.885. The van der Waals surface area contributed by atoms with Crippen LogP contribution in [0.5, 0.6) is 0 Å². The number of nitrogens with one attached hydrogen (secondary N) is 2. The van der Waals surface area contributed by atoms with Crippen LogP contribution in [0.3, 0.4) is 0 Å². The molecular weight excluding hydrogens is 330 g/mol. The fourth-order valence-electron chi connectivity index (χ4n) is 1.49. The van der Waals surface area contributed by atoms with Crippen LogP contribution in [0.2, 0.25) is 5.28 Å². The monoisotopic (exact) mass is 341 g/mol. The van der Waals surface area contributed by atoms with Gasteiger partial charge in [-0.05, 0) is 43.1 Å². The first-order valence-electron chi connectivity index (χ1n) is 5.77. The third-order valence-corrected chi connectivity index (χ3v) is 3.05. The molecule has 2 rings (SSSR count). The summed E-state index contributed by atoms with van der Waals surface area (Å²) in [6.07, 6.45) is 0. The average Bonchev–Trinajstić information content (AvgIpc) is 2.33. The van der Waals surface area contributed by atoms with Crippen LogP contribution in [0.1, 0.15) is 12.5 Å². The molecule has 0 saturated heterocycles. The highest BCUT2D eigenvalue weighted by atomic mass is 79.9. The van der Waals surface area contributed by atoms with E-state index in [0.717, 1.165) is 22.3 Å². The molecule has 0 fully saturated rings. The third-order valence-electron chi connectivity index (χ3n) is 2.39. The fourth-order valence-corrected chi connectivity index (χ4v) is 2.01. The Labute approximate surface area is 125 Å². The maximum absolute atomic E-state index is 5.87. The van der Waals surface area contributed by atoms with E-state index in [4.69, 9.17) is 11.6 Å². The second kappa shape index (κ2) is 6.16. The molecule has 1 aromatic heterocycles. The molecule has 0 aliphatic rings. The van der Waals surface area contributed by atoms with Gasteiger partial charge in [-0.25, -0.2) is 0 Å². The standard InChI is InChI=1S/C12H13BrClN5/c1-3-15-11-17-10(14)18-12(19-11)16-9-6-8(13)5-4-7(9)2/h4-6H,3H2,1-2H3,(H2,15,16,17,18,19). The van der Waals surface area contributed by atoms with Gasteiger partial charge in [-0.15, -0.1) is 0 Å². The summed E-state index contributed by atoms with van der Waals surface area (Å²) in [6.45, 7) is 4.68. The van der Waals surface area contributed by atoms with Crippen LogP contribution in [0.4, 0.5) is 17.6 Å². The fraction of sp³-hybridized carbons (Fsp3) is 0.250. The molecule has 0 unspecified atom stereocenters. The minimum absolute atomic E-state index is 0.154. The van der Waals surface area contributed by atoms with Crippen molar-refractivity contribution in [2.24, 2.45) is 0 Å². The van der Waals surface area contributed by atoms with Crippen molar-refractivity contribution in [2.45, 2.75) is 13.8 Å². The highest BCUT2D eigenvalue weighted by molar-refractivity contribution is 9.10. The summed E-state index contributed by atoms with van der Waals surface area (Å²) in [4.78, 5) is 12.3. The molecule has 0 saturated carbocycles. The van der Waals surface area contributed by atoms with E-state index in [0.29, 0.717) is 11.9 Å². The molecule has 2 N–H and O–H groups in total. The van der Waals surface area contributed by atoms with Gasteiger partial charge in [0.2, 0.25) is 17.2 Å². The Bertz CT molecular complexity index is 590. The van der Waals surface area contributed by atoms with E-state index in [2.05, 4.69) is 41.5 Å². The Kier molecular flexibility index (Phi) is 4.55. The summed E-state index contributed by atoms with van der Waals surface area (Å²) in [5.74, 6) is 0.870. The second-order valence-corrected chi connectivity index (χ2v) is 5.12. The average molecular weight is 343 g/mol. The summed E-state index contributed by atoms with van der Waals surface area (Å²) in [5.41, 5.74) is 2.00. The topological polar surface area (TPSA) is 62.7 Å². The highest BCUT2D eigenvalue weighted by Crippen LogP contribution is 2.23. The maximum Gasteiger partial charge on any atom is 0.233 e. The van der Waals surface area contributed by atoms with Crippen molar-refractivity contribution in [1.82, 2.24) is 15.0 Å². The molecule has 1 heterocycles. The van der Waals surface area contributed by atoms with Crippen molar-refractivity contribution in [1.29, 1.82) is 0 Å². The lowest BCUT2D eigenvalue weighted by molar-refractivity contribution is 1.02.